The third kappa shape index (κ3) is 2.86. The van der Waals surface area contributed by atoms with Crippen molar-refractivity contribution in [2.45, 2.75) is 27.7 Å². The fourth-order valence-electron chi connectivity index (χ4n) is 0.673. The van der Waals surface area contributed by atoms with Gasteiger partial charge in [0.05, 0.1) is 0 Å². The number of nitrogens with zero attached hydrogens (tertiary/aromatic N) is 1. The molecule has 0 saturated carbocycles. The Morgan fingerprint density at radius 2 is 2.08 bits per heavy atom. The molecular weight excluding hydrogens is 152 g/mol. The van der Waals surface area contributed by atoms with E-state index in [4.69, 9.17) is 0 Å². The molecular formula is C9H16N2O. The van der Waals surface area contributed by atoms with Gasteiger partial charge in [0.25, 0.3) is 0 Å². The van der Waals surface area contributed by atoms with Crippen LogP contribution in [0.15, 0.2) is 12.4 Å². The molecule has 0 radical (unpaired) electrons. The topological polar surface area (TPSA) is 45.8 Å². The molecule has 3 heteroatoms. The highest BCUT2D eigenvalue weighted by atomic mass is 16.1. The molecule has 0 spiro atoms. The van der Waals surface area contributed by atoms with Gasteiger partial charge in [0, 0.05) is 18.3 Å². The number of aromatic amines is 1. The van der Waals surface area contributed by atoms with Crippen molar-refractivity contribution in [3.8, 4) is 0 Å². The molecule has 1 heterocycles. The minimum atomic E-state index is 0.0196. The molecule has 0 saturated heterocycles. The van der Waals surface area contributed by atoms with Crippen molar-refractivity contribution >= 4 is 5.78 Å². The molecule has 0 bridgehead atoms. The van der Waals surface area contributed by atoms with Gasteiger partial charge in [0.2, 0.25) is 5.78 Å². The van der Waals surface area contributed by atoms with Gasteiger partial charge in [-0.2, -0.15) is 0 Å². The maximum Gasteiger partial charge on any atom is 0.200 e. The fraction of sp³-hybridized carbons (Fsp3) is 0.556. The average Bonchev–Trinajstić information content (AvgIpc) is 2.58. The lowest BCUT2D eigenvalue weighted by Gasteiger charge is -1.97. The van der Waals surface area contributed by atoms with Gasteiger partial charge in [-0.15, -0.1) is 0 Å². The first-order valence-corrected chi connectivity index (χ1v) is 4.25. The van der Waals surface area contributed by atoms with Crippen molar-refractivity contribution in [2.24, 2.45) is 5.92 Å². The number of carbonyl (C=O) groups excluding carboxylic acids is 1. The Balaban J connectivity index is 0.000000561. The van der Waals surface area contributed by atoms with E-state index in [-0.39, 0.29) is 11.7 Å². The van der Waals surface area contributed by atoms with E-state index in [0.717, 1.165) is 0 Å². The minimum absolute atomic E-state index is 0.0196. The summed E-state index contributed by atoms with van der Waals surface area (Å²) in [4.78, 5) is 17.7. The average molecular weight is 168 g/mol. The largest absolute Gasteiger partial charge is 0.342 e. The number of hydrogen-bond acceptors (Lipinski definition) is 2. The number of hydrogen-bond donors (Lipinski definition) is 1. The normalized spacial score (nSPS) is 9.08. The number of nitrogens with one attached hydrogen (secondary N) is 1. The van der Waals surface area contributed by atoms with E-state index in [2.05, 4.69) is 9.97 Å². The number of rotatable bonds is 2. The Hall–Kier alpha value is -1.12. The van der Waals surface area contributed by atoms with E-state index in [0.29, 0.717) is 5.82 Å². The Labute approximate surface area is 73.2 Å². The highest BCUT2D eigenvalue weighted by Crippen LogP contribution is 2.01. The van der Waals surface area contributed by atoms with E-state index in [1.54, 1.807) is 12.4 Å². The monoisotopic (exact) mass is 168 g/mol. The summed E-state index contributed by atoms with van der Waals surface area (Å²) in [7, 11) is 0. The predicted octanol–water partition coefficient (Wildman–Crippen LogP) is 2.27. The highest BCUT2D eigenvalue weighted by molar-refractivity contribution is 5.93. The van der Waals surface area contributed by atoms with Gasteiger partial charge in [0.1, 0.15) is 0 Å². The number of Topliss-reactive ketones (excluding diaryl/α,β-unsaturated/α-hetero) is 1. The third-order valence-electron chi connectivity index (χ3n) is 1.26. The molecule has 0 aliphatic carbocycles. The molecule has 1 N–H and O–H groups in total. The van der Waals surface area contributed by atoms with Crippen LogP contribution >= 0.6 is 0 Å². The Bertz CT molecular complexity index is 214. The van der Waals surface area contributed by atoms with E-state index in [1.807, 2.05) is 27.7 Å². The third-order valence-corrected chi connectivity index (χ3v) is 1.26. The van der Waals surface area contributed by atoms with E-state index < -0.39 is 0 Å². The van der Waals surface area contributed by atoms with Crippen molar-refractivity contribution in [1.82, 2.24) is 9.97 Å². The van der Waals surface area contributed by atoms with Crippen molar-refractivity contribution in [2.75, 3.05) is 0 Å². The number of carbonyl (C=O) groups is 1. The summed E-state index contributed by atoms with van der Waals surface area (Å²) in [6.45, 7) is 7.70. The van der Waals surface area contributed by atoms with E-state index in [1.165, 1.54) is 0 Å². The number of ketones is 1. The first-order chi connectivity index (χ1) is 5.72. The molecule has 68 valence electrons. The van der Waals surface area contributed by atoms with Crippen LogP contribution in [0.2, 0.25) is 0 Å². The molecule has 1 aromatic heterocycles. The zero-order chi connectivity index (χ0) is 9.56. The summed E-state index contributed by atoms with van der Waals surface area (Å²) in [5, 5.41) is 0. The van der Waals surface area contributed by atoms with Crippen LogP contribution < -0.4 is 0 Å². The summed E-state index contributed by atoms with van der Waals surface area (Å²) >= 11 is 0. The summed E-state index contributed by atoms with van der Waals surface area (Å²) in [5.74, 6) is 0.533. The van der Waals surface area contributed by atoms with Crippen LogP contribution in [-0.2, 0) is 0 Å². The van der Waals surface area contributed by atoms with Gasteiger partial charge in [-0.1, -0.05) is 27.7 Å². The lowest BCUT2D eigenvalue weighted by molar-refractivity contribution is 0.0930. The second-order valence-electron chi connectivity index (χ2n) is 2.46. The quantitative estimate of drug-likeness (QED) is 0.688. The van der Waals surface area contributed by atoms with Crippen LogP contribution in [0.5, 0.6) is 0 Å². The van der Waals surface area contributed by atoms with Gasteiger partial charge < -0.3 is 4.98 Å². The van der Waals surface area contributed by atoms with Gasteiger partial charge in [-0.05, 0) is 0 Å². The van der Waals surface area contributed by atoms with Crippen molar-refractivity contribution < 1.29 is 4.79 Å². The van der Waals surface area contributed by atoms with Crippen molar-refractivity contribution in [3.05, 3.63) is 18.2 Å². The van der Waals surface area contributed by atoms with Crippen molar-refractivity contribution in [1.29, 1.82) is 0 Å². The summed E-state index contributed by atoms with van der Waals surface area (Å²) in [5.41, 5.74) is 0. The molecule has 0 aliphatic heterocycles. The van der Waals surface area contributed by atoms with E-state index in [9.17, 15) is 4.79 Å². The van der Waals surface area contributed by atoms with Crippen LogP contribution in [0.1, 0.15) is 38.3 Å². The molecule has 0 unspecified atom stereocenters. The zero-order valence-corrected chi connectivity index (χ0v) is 8.09. The van der Waals surface area contributed by atoms with E-state index >= 15 is 0 Å². The number of imidazole rings is 1. The van der Waals surface area contributed by atoms with Crippen LogP contribution in [0.4, 0.5) is 0 Å². The predicted molar refractivity (Wildman–Crippen MR) is 49.1 cm³/mol. The first kappa shape index (κ1) is 10.9. The standard InChI is InChI=1S/C7H10N2O.C2H6/c1-5(2)6(10)7-8-3-4-9-7;1-2/h3-5H,1-2H3,(H,8,9);1-2H3. The second kappa shape index (κ2) is 5.52. The SMILES string of the molecule is CC.CC(C)C(=O)c1ncc[nH]1. The smallest absolute Gasteiger partial charge is 0.200 e. The Kier molecular flexibility index (Phi) is 5.00. The maximum absolute atomic E-state index is 11.1. The zero-order valence-electron chi connectivity index (χ0n) is 8.09. The molecule has 12 heavy (non-hydrogen) atoms. The molecule has 3 nitrogen and oxygen atoms in total. The molecule has 1 aromatic rings. The van der Waals surface area contributed by atoms with Crippen LogP contribution in [-0.4, -0.2) is 15.8 Å². The molecule has 0 aliphatic rings. The maximum atomic E-state index is 11.1. The summed E-state index contributed by atoms with van der Waals surface area (Å²) in [6.07, 6.45) is 3.23. The lowest BCUT2D eigenvalue weighted by Crippen LogP contribution is -2.08. The Morgan fingerprint density at radius 1 is 1.50 bits per heavy atom. The highest BCUT2D eigenvalue weighted by Gasteiger charge is 2.11. The second-order valence-corrected chi connectivity index (χ2v) is 2.46. The number of aromatic nitrogens is 2. The molecule has 1 rings (SSSR count). The van der Waals surface area contributed by atoms with Gasteiger partial charge in [-0.3, -0.25) is 4.79 Å². The van der Waals surface area contributed by atoms with Gasteiger partial charge >= 0.3 is 0 Å². The summed E-state index contributed by atoms with van der Waals surface area (Å²) < 4.78 is 0. The molecule has 0 fully saturated rings. The minimum Gasteiger partial charge on any atom is -0.342 e. The number of H-pyrrole nitrogens is 1. The van der Waals surface area contributed by atoms with Crippen LogP contribution in [0.25, 0.3) is 0 Å². The van der Waals surface area contributed by atoms with Crippen LogP contribution in [0, 0.1) is 5.92 Å². The van der Waals surface area contributed by atoms with Crippen LogP contribution in [0.3, 0.4) is 0 Å². The fourth-order valence-corrected chi connectivity index (χ4v) is 0.673. The van der Waals surface area contributed by atoms with Gasteiger partial charge in [0.15, 0.2) is 5.82 Å². The van der Waals surface area contributed by atoms with Gasteiger partial charge in [-0.25, -0.2) is 4.98 Å². The lowest BCUT2D eigenvalue weighted by atomic mass is 10.1. The Morgan fingerprint density at radius 3 is 2.42 bits per heavy atom. The van der Waals surface area contributed by atoms with Crippen molar-refractivity contribution in [3.63, 3.8) is 0 Å². The summed E-state index contributed by atoms with van der Waals surface area (Å²) in [6, 6.07) is 0. The molecule has 0 aromatic carbocycles. The molecule has 0 amide bonds. The first-order valence-electron chi connectivity index (χ1n) is 4.25. The molecule has 0 atom stereocenters.